The maximum Gasteiger partial charge on any atom is 0.179 e. The van der Waals surface area contributed by atoms with E-state index < -0.39 is 5.82 Å². The highest BCUT2D eigenvalue weighted by Crippen LogP contribution is 2.25. The van der Waals surface area contributed by atoms with Gasteiger partial charge in [0, 0.05) is 23.9 Å². The summed E-state index contributed by atoms with van der Waals surface area (Å²) < 4.78 is 21.1. The number of pyridine rings is 1. The molecule has 4 aromatic heterocycles. The Kier molecular flexibility index (Phi) is 3.93. The van der Waals surface area contributed by atoms with Crippen molar-refractivity contribution in [3.8, 4) is 11.4 Å². The molecule has 0 saturated heterocycles. The van der Waals surface area contributed by atoms with Crippen molar-refractivity contribution >= 4 is 5.65 Å². The zero-order chi connectivity index (χ0) is 17.2. The van der Waals surface area contributed by atoms with Gasteiger partial charge in [-0.1, -0.05) is 18.5 Å². The minimum absolute atomic E-state index is 0.175. The highest BCUT2D eigenvalue weighted by Gasteiger charge is 2.18. The minimum atomic E-state index is -0.436. The first-order valence-electron chi connectivity index (χ1n) is 7.98. The molecule has 0 radical (unpaired) electrons. The van der Waals surface area contributed by atoms with E-state index >= 15 is 0 Å². The van der Waals surface area contributed by atoms with Gasteiger partial charge in [-0.3, -0.25) is 14.4 Å². The van der Waals surface area contributed by atoms with Gasteiger partial charge in [-0.2, -0.15) is 0 Å². The van der Waals surface area contributed by atoms with Gasteiger partial charge < -0.3 is 4.52 Å². The summed E-state index contributed by atoms with van der Waals surface area (Å²) in [7, 11) is 0. The van der Waals surface area contributed by atoms with Gasteiger partial charge in [0.1, 0.15) is 24.0 Å². The van der Waals surface area contributed by atoms with Crippen molar-refractivity contribution in [1.29, 1.82) is 0 Å². The van der Waals surface area contributed by atoms with Gasteiger partial charge in [0.15, 0.2) is 11.5 Å². The monoisotopic (exact) mass is 338 g/mol. The average Bonchev–Trinajstić information content (AvgIpc) is 3.27. The summed E-state index contributed by atoms with van der Waals surface area (Å²) in [5.74, 6) is -0.436. The number of rotatable bonds is 5. The zero-order valence-corrected chi connectivity index (χ0v) is 13.6. The predicted molar refractivity (Wildman–Crippen MR) is 87.3 cm³/mol. The Morgan fingerprint density at radius 1 is 1.24 bits per heavy atom. The lowest BCUT2D eigenvalue weighted by molar-refractivity contribution is 0.420. The first-order chi connectivity index (χ1) is 12.3. The number of hydrogen-bond donors (Lipinski definition) is 0. The largest absolute Gasteiger partial charge is 0.364 e. The Morgan fingerprint density at radius 3 is 3.00 bits per heavy atom. The molecule has 7 nitrogen and oxygen atoms in total. The first kappa shape index (κ1) is 15.4. The van der Waals surface area contributed by atoms with Crippen LogP contribution in [0.4, 0.5) is 4.39 Å². The second-order valence-electron chi connectivity index (χ2n) is 5.66. The second-order valence-corrected chi connectivity index (χ2v) is 5.66. The van der Waals surface area contributed by atoms with E-state index in [4.69, 9.17) is 4.52 Å². The Hall–Kier alpha value is -3.16. The fraction of sp³-hybridized carbons (Fsp3) is 0.235. The van der Waals surface area contributed by atoms with E-state index in [1.165, 1.54) is 18.5 Å². The van der Waals surface area contributed by atoms with Crippen molar-refractivity contribution in [2.24, 2.45) is 0 Å². The lowest BCUT2D eigenvalue weighted by Gasteiger charge is -2.10. The highest BCUT2D eigenvalue weighted by atomic mass is 19.1. The Labute approximate surface area is 142 Å². The average molecular weight is 338 g/mol. The SMILES string of the molecule is CCCc1c(Cc2conc2-c2ncccc2F)ncc2nncn12. The van der Waals surface area contributed by atoms with Gasteiger partial charge in [-0.15, -0.1) is 10.2 Å². The number of nitrogens with zero attached hydrogens (tertiary/aromatic N) is 6. The molecule has 4 aromatic rings. The third-order valence-electron chi connectivity index (χ3n) is 4.00. The zero-order valence-electron chi connectivity index (χ0n) is 13.6. The van der Waals surface area contributed by atoms with Crippen LogP contribution in [0.15, 0.2) is 41.6 Å². The third kappa shape index (κ3) is 2.75. The molecule has 0 aliphatic carbocycles. The van der Waals surface area contributed by atoms with Crippen molar-refractivity contribution in [1.82, 2.24) is 29.7 Å². The smallest absolute Gasteiger partial charge is 0.179 e. The van der Waals surface area contributed by atoms with Crippen molar-refractivity contribution in [3.63, 3.8) is 0 Å². The summed E-state index contributed by atoms with van der Waals surface area (Å²) in [5.41, 5.74) is 3.89. The summed E-state index contributed by atoms with van der Waals surface area (Å²) >= 11 is 0. The first-order valence-corrected chi connectivity index (χ1v) is 7.98. The van der Waals surface area contributed by atoms with Crippen molar-refractivity contribution in [2.75, 3.05) is 0 Å². The molecule has 0 spiro atoms. The van der Waals surface area contributed by atoms with Crippen LogP contribution in [0, 0.1) is 5.82 Å². The molecule has 0 unspecified atom stereocenters. The second kappa shape index (κ2) is 6.39. The fourth-order valence-electron chi connectivity index (χ4n) is 2.86. The van der Waals surface area contributed by atoms with Crippen LogP contribution in [0.3, 0.4) is 0 Å². The Bertz CT molecular complexity index is 1020. The molecule has 126 valence electrons. The van der Waals surface area contributed by atoms with E-state index in [1.54, 1.807) is 18.6 Å². The summed E-state index contributed by atoms with van der Waals surface area (Å²) in [5, 5.41) is 11.9. The molecule has 0 amide bonds. The van der Waals surface area contributed by atoms with Crippen LogP contribution in [0.2, 0.25) is 0 Å². The summed E-state index contributed by atoms with van der Waals surface area (Å²) in [6, 6.07) is 2.89. The molecule has 4 heterocycles. The van der Waals surface area contributed by atoms with Gasteiger partial charge in [0.2, 0.25) is 0 Å². The minimum Gasteiger partial charge on any atom is -0.364 e. The number of hydrogen-bond acceptors (Lipinski definition) is 6. The van der Waals surface area contributed by atoms with Crippen molar-refractivity contribution < 1.29 is 8.91 Å². The van der Waals surface area contributed by atoms with Crippen molar-refractivity contribution in [3.05, 3.63) is 59.9 Å². The molecule has 0 saturated carbocycles. The van der Waals surface area contributed by atoms with Crippen molar-refractivity contribution in [2.45, 2.75) is 26.2 Å². The number of aryl methyl sites for hydroxylation is 1. The molecule has 8 heteroatoms. The lowest BCUT2D eigenvalue weighted by atomic mass is 10.0. The van der Waals surface area contributed by atoms with Crippen LogP contribution < -0.4 is 0 Å². The molecule has 4 rings (SSSR count). The standard InChI is InChI=1S/C17H15FN6O/c1-2-4-14-13(20-8-15-22-21-10-24(14)15)7-11-9-25-23-16(11)17-12(18)5-3-6-19-17/h3,5-6,8-10H,2,4,7H2,1H3. The van der Waals surface area contributed by atoms with E-state index in [0.29, 0.717) is 17.8 Å². The normalized spacial score (nSPS) is 11.3. The van der Waals surface area contributed by atoms with E-state index in [9.17, 15) is 4.39 Å². The molecule has 0 N–H and O–H groups in total. The predicted octanol–water partition coefficient (Wildman–Crippen LogP) is 2.86. The molecule has 0 aliphatic rings. The summed E-state index contributed by atoms with van der Waals surface area (Å²) in [4.78, 5) is 8.60. The van der Waals surface area contributed by atoms with Gasteiger partial charge in [0.25, 0.3) is 0 Å². The molecular formula is C17H15FN6O. The summed E-state index contributed by atoms with van der Waals surface area (Å²) in [6.45, 7) is 2.10. The maximum atomic E-state index is 14.1. The van der Waals surface area contributed by atoms with Crippen LogP contribution in [-0.2, 0) is 12.8 Å². The molecule has 25 heavy (non-hydrogen) atoms. The van der Waals surface area contributed by atoms with Gasteiger partial charge >= 0.3 is 0 Å². The van der Waals surface area contributed by atoms with Crippen LogP contribution in [0.5, 0.6) is 0 Å². The van der Waals surface area contributed by atoms with Crippen LogP contribution in [0.25, 0.3) is 17.0 Å². The molecule has 0 aromatic carbocycles. The Balaban J connectivity index is 1.77. The third-order valence-corrected chi connectivity index (χ3v) is 4.00. The number of fused-ring (bicyclic) bond motifs is 1. The number of aromatic nitrogens is 6. The molecule has 0 fully saturated rings. The topological polar surface area (TPSA) is 82.0 Å². The molecule has 0 bridgehead atoms. The van der Waals surface area contributed by atoms with Crippen LogP contribution in [-0.4, -0.2) is 29.7 Å². The van der Waals surface area contributed by atoms with Gasteiger partial charge in [-0.25, -0.2) is 4.39 Å². The van der Waals surface area contributed by atoms with Crippen LogP contribution >= 0.6 is 0 Å². The summed E-state index contributed by atoms with van der Waals surface area (Å²) in [6.07, 6.45) is 8.64. The maximum absolute atomic E-state index is 14.1. The van der Waals surface area contributed by atoms with E-state index in [1.807, 2.05) is 4.40 Å². The van der Waals surface area contributed by atoms with Gasteiger partial charge in [0.05, 0.1) is 11.9 Å². The van der Waals surface area contributed by atoms with E-state index in [-0.39, 0.29) is 5.69 Å². The molecule has 0 atom stereocenters. The van der Waals surface area contributed by atoms with Gasteiger partial charge in [-0.05, 0) is 18.6 Å². The number of halogens is 1. The quantitative estimate of drug-likeness (QED) is 0.556. The molecular weight excluding hydrogens is 323 g/mol. The highest BCUT2D eigenvalue weighted by molar-refractivity contribution is 5.59. The van der Waals surface area contributed by atoms with E-state index in [0.717, 1.165) is 29.8 Å². The van der Waals surface area contributed by atoms with Crippen LogP contribution in [0.1, 0.15) is 30.3 Å². The Morgan fingerprint density at radius 2 is 2.16 bits per heavy atom. The lowest BCUT2D eigenvalue weighted by Crippen LogP contribution is -2.06. The fourth-order valence-corrected chi connectivity index (χ4v) is 2.86. The molecule has 0 aliphatic heterocycles. The van der Waals surface area contributed by atoms with E-state index in [2.05, 4.69) is 32.2 Å².